The Labute approximate surface area is 153 Å². The van der Waals surface area contributed by atoms with Gasteiger partial charge in [0.05, 0.1) is 25.5 Å². The van der Waals surface area contributed by atoms with E-state index >= 15 is 0 Å². The van der Waals surface area contributed by atoms with Crippen molar-refractivity contribution in [2.75, 3.05) is 19.0 Å². The number of H-pyrrole nitrogens is 1. The van der Waals surface area contributed by atoms with Crippen LogP contribution in [0.1, 0.15) is 44.5 Å². The quantitative estimate of drug-likeness (QED) is 0.719. The van der Waals surface area contributed by atoms with Gasteiger partial charge in [-0.15, -0.1) is 0 Å². The van der Waals surface area contributed by atoms with Crippen LogP contribution in [0.2, 0.25) is 0 Å². The van der Waals surface area contributed by atoms with E-state index in [1.807, 2.05) is 12.3 Å². The second-order valence-electron chi connectivity index (χ2n) is 6.81. The van der Waals surface area contributed by atoms with Crippen molar-refractivity contribution in [1.82, 2.24) is 9.97 Å². The molecule has 2 unspecified atom stereocenters. The number of rotatable bonds is 1. The Bertz CT molecular complexity index is 759. The highest BCUT2D eigenvalue weighted by Crippen LogP contribution is 2.33. The first-order chi connectivity index (χ1) is 12.6. The third-order valence-electron chi connectivity index (χ3n) is 4.62. The van der Waals surface area contributed by atoms with Gasteiger partial charge in [-0.3, -0.25) is 5.32 Å². The molecule has 2 aromatic rings. The second-order valence-corrected chi connectivity index (χ2v) is 6.81. The van der Waals surface area contributed by atoms with Gasteiger partial charge in [0.25, 0.3) is 0 Å². The van der Waals surface area contributed by atoms with E-state index in [0.29, 0.717) is 24.0 Å². The molecule has 7 nitrogen and oxygen atoms in total. The summed E-state index contributed by atoms with van der Waals surface area (Å²) in [6.45, 7) is 2.79. The molecule has 0 spiro atoms. The van der Waals surface area contributed by atoms with Gasteiger partial charge in [0.1, 0.15) is 11.6 Å². The zero-order chi connectivity index (χ0) is 18.5. The molecule has 1 aliphatic rings. The number of fused-ring (bicyclic) bond motifs is 4. The summed E-state index contributed by atoms with van der Waals surface area (Å²) in [5, 5.41) is 2.67. The van der Waals surface area contributed by atoms with Crippen LogP contribution in [0.25, 0.3) is 11.3 Å². The number of nitrogens with zero attached hydrogens (tertiary/aromatic N) is 1. The fourth-order valence-electron chi connectivity index (χ4n) is 3.07. The van der Waals surface area contributed by atoms with Gasteiger partial charge in [-0.2, -0.15) is 0 Å². The fourth-order valence-corrected chi connectivity index (χ4v) is 3.07. The van der Waals surface area contributed by atoms with E-state index in [2.05, 4.69) is 26.9 Å². The first-order valence-electron chi connectivity index (χ1n) is 9.00. The summed E-state index contributed by atoms with van der Waals surface area (Å²) in [6.07, 6.45) is 5.51. The molecule has 1 aliphatic heterocycles. The predicted molar refractivity (Wildman–Crippen MR) is 100 cm³/mol. The average molecular weight is 358 g/mol. The Balaban J connectivity index is 1.95. The van der Waals surface area contributed by atoms with Crippen LogP contribution in [-0.2, 0) is 4.74 Å². The molecule has 0 saturated carbocycles. The van der Waals surface area contributed by atoms with Crippen molar-refractivity contribution < 1.29 is 14.3 Å². The summed E-state index contributed by atoms with van der Waals surface area (Å²) < 4.78 is 10.7. The summed E-state index contributed by atoms with van der Waals surface area (Å²) >= 11 is 0. The van der Waals surface area contributed by atoms with E-state index < -0.39 is 6.09 Å². The lowest BCUT2D eigenvalue weighted by Crippen LogP contribution is -2.12. The number of nitrogens with two attached hydrogens (primary N) is 1. The number of imidazole rings is 1. The normalized spacial score (nSPS) is 20.6. The topological polar surface area (TPSA) is 102 Å². The molecule has 2 bridgehead atoms. The molecule has 7 heteroatoms. The second kappa shape index (κ2) is 8.23. The number of amides is 1. The van der Waals surface area contributed by atoms with Gasteiger partial charge in [-0.05, 0) is 30.9 Å². The first-order valence-corrected chi connectivity index (χ1v) is 9.00. The molecule has 1 aromatic heterocycles. The molecule has 3 rings (SSSR count). The standard InChI is InChI=1S/C19H26N4O3/c1-12-5-3-4-6-15(20)18-21-10-16(23-18)14-8-7-13(22-19(24)25-2)9-17(14)26-11-12/h7-10,12,15H,3-6,11,20H2,1-2H3,(H,21,23)(H,22,24). The van der Waals surface area contributed by atoms with E-state index in [-0.39, 0.29) is 6.04 Å². The highest BCUT2D eigenvalue weighted by atomic mass is 16.5. The van der Waals surface area contributed by atoms with Crippen LogP contribution in [0.5, 0.6) is 5.75 Å². The molecule has 1 aromatic carbocycles. The molecule has 1 amide bonds. The summed E-state index contributed by atoms with van der Waals surface area (Å²) in [5.41, 5.74) is 8.52. The fraction of sp³-hybridized carbons (Fsp3) is 0.474. The van der Waals surface area contributed by atoms with E-state index in [0.717, 1.165) is 42.8 Å². The van der Waals surface area contributed by atoms with Crippen molar-refractivity contribution in [3.05, 3.63) is 30.2 Å². The smallest absolute Gasteiger partial charge is 0.411 e. The third-order valence-corrected chi connectivity index (χ3v) is 4.62. The van der Waals surface area contributed by atoms with Gasteiger partial charge < -0.3 is 20.2 Å². The Kier molecular flexibility index (Phi) is 5.78. The van der Waals surface area contributed by atoms with Crippen molar-refractivity contribution in [3.63, 3.8) is 0 Å². The van der Waals surface area contributed by atoms with Gasteiger partial charge in [0, 0.05) is 23.5 Å². The zero-order valence-electron chi connectivity index (χ0n) is 15.2. The Morgan fingerprint density at radius 2 is 2.19 bits per heavy atom. The number of hydrogen-bond donors (Lipinski definition) is 3. The minimum Gasteiger partial charge on any atom is -0.493 e. The number of aromatic nitrogens is 2. The lowest BCUT2D eigenvalue weighted by Gasteiger charge is -2.16. The zero-order valence-corrected chi connectivity index (χ0v) is 15.2. The number of aromatic amines is 1. The van der Waals surface area contributed by atoms with Crippen LogP contribution in [-0.4, -0.2) is 29.8 Å². The summed E-state index contributed by atoms with van der Waals surface area (Å²) in [5.74, 6) is 1.90. The third kappa shape index (κ3) is 4.35. The molecule has 0 aliphatic carbocycles. The summed E-state index contributed by atoms with van der Waals surface area (Å²) in [7, 11) is 1.33. The number of ether oxygens (including phenoxy) is 2. The molecule has 0 saturated heterocycles. The molecule has 0 fully saturated rings. The number of hydrogen-bond acceptors (Lipinski definition) is 5. The maximum atomic E-state index is 11.5. The minimum absolute atomic E-state index is 0.0931. The maximum absolute atomic E-state index is 11.5. The van der Waals surface area contributed by atoms with Crippen LogP contribution >= 0.6 is 0 Å². The molecule has 4 N–H and O–H groups in total. The number of anilines is 1. The van der Waals surface area contributed by atoms with Gasteiger partial charge >= 0.3 is 6.09 Å². The molecular weight excluding hydrogens is 332 g/mol. The Hall–Kier alpha value is -2.54. The van der Waals surface area contributed by atoms with Crippen molar-refractivity contribution in [2.24, 2.45) is 11.7 Å². The van der Waals surface area contributed by atoms with E-state index in [4.69, 9.17) is 10.5 Å². The van der Waals surface area contributed by atoms with Crippen molar-refractivity contribution in [2.45, 2.75) is 38.6 Å². The molecule has 26 heavy (non-hydrogen) atoms. The number of benzene rings is 1. The number of carbonyl (C=O) groups excluding carboxylic acids is 1. The van der Waals surface area contributed by atoms with Gasteiger partial charge in [0.2, 0.25) is 0 Å². The van der Waals surface area contributed by atoms with E-state index in [9.17, 15) is 4.79 Å². The van der Waals surface area contributed by atoms with Crippen molar-refractivity contribution in [1.29, 1.82) is 0 Å². The number of methoxy groups -OCH3 is 1. The maximum Gasteiger partial charge on any atom is 0.411 e. The SMILES string of the molecule is COC(=O)Nc1ccc2c(c1)OCC(C)CCCCC(N)c1nc-2c[nH]1. The van der Waals surface area contributed by atoms with Gasteiger partial charge in [-0.25, -0.2) is 9.78 Å². The van der Waals surface area contributed by atoms with Crippen LogP contribution in [0.3, 0.4) is 0 Å². The highest BCUT2D eigenvalue weighted by Gasteiger charge is 2.17. The van der Waals surface area contributed by atoms with Crippen molar-refractivity contribution in [3.8, 4) is 17.0 Å². The first kappa shape index (κ1) is 18.3. The summed E-state index contributed by atoms with van der Waals surface area (Å²) in [6, 6.07) is 5.39. The molecular formula is C19H26N4O3. The lowest BCUT2D eigenvalue weighted by atomic mass is 10.0. The van der Waals surface area contributed by atoms with Crippen LogP contribution in [0.15, 0.2) is 24.4 Å². The number of nitrogens with one attached hydrogen (secondary N) is 2. The lowest BCUT2D eigenvalue weighted by molar-refractivity contribution is 0.187. The Morgan fingerprint density at radius 1 is 1.38 bits per heavy atom. The number of carbonyl (C=O) groups is 1. The average Bonchev–Trinajstić information content (AvgIpc) is 3.13. The van der Waals surface area contributed by atoms with E-state index in [1.54, 1.807) is 12.1 Å². The van der Waals surface area contributed by atoms with Crippen LogP contribution < -0.4 is 15.8 Å². The molecule has 2 heterocycles. The van der Waals surface area contributed by atoms with Crippen LogP contribution in [0, 0.1) is 5.92 Å². The predicted octanol–water partition coefficient (Wildman–Crippen LogP) is 3.84. The monoisotopic (exact) mass is 358 g/mol. The molecule has 2 atom stereocenters. The summed E-state index contributed by atoms with van der Waals surface area (Å²) in [4.78, 5) is 19.3. The minimum atomic E-state index is -0.518. The Morgan fingerprint density at radius 3 is 3.00 bits per heavy atom. The largest absolute Gasteiger partial charge is 0.493 e. The molecule has 0 radical (unpaired) electrons. The highest BCUT2D eigenvalue weighted by molar-refractivity contribution is 5.86. The molecule has 140 valence electrons. The van der Waals surface area contributed by atoms with Crippen LogP contribution in [0.4, 0.5) is 10.5 Å². The van der Waals surface area contributed by atoms with E-state index in [1.165, 1.54) is 7.11 Å². The van der Waals surface area contributed by atoms with Crippen molar-refractivity contribution >= 4 is 11.8 Å². The van der Waals surface area contributed by atoms with Gasteiger partial charge in [-0.1, -0.05) is 19.8 Å². The van der Waals surface area contributed by atoms with Gasteiger partial charge in [0.15, 0.2) is 0 Å².